The molecule has 0 aromatic carbocycles. The molecule has 1 fully saturated rings. The number of sulfonamides is 1. The maximum atomic E-state index is 11.9. The number of hydrogen-bond acceptors (Lipinski definition) is 3. The molecule has 94 valence electrons. The maximum Gasteiger partial charge on any atom is 0.214 e. The summed E-state index contributed by atoms with van der Waals surface area (Å²) in [5, 5.41) is 0. The topological polar surface area (TPSA) is 63.4 Å². The van der Waals surface area contributed by atoms with Crippen LogP contribution in [0.1, 0.15) is 26.2 Å². The zero-order chi connectivity index (χ0) is 12.2. The fourth-order valence-electron chi connectivity index (χ4n) is 2.02. The van der Waals surface area contributed by atoms with Gasteiger partial charge in [0.25, 0.3) is 0 Å². The van der Waals surface area contributed by atoms with Crippen LogP contribution < -0.4 is 5.73 Å². The smallest absolute Gasteiger partial charge is 0.214 e. The van der Waals surface area contributed by atoms with Crippen molar-refractivity contribution >= 4 is 10.0 Å². The predicted octanol–water partition coefficient (Wildman–Crippen LogP) is 0.951. The first-order valence-corrected chi connectivity index (χ1v) is 7.42. The third kappa shape index (κ3) is 3.57. The number of nitrogens with two attached hydrogens (primary N) is 1. The Morgan fingerprint density at radius 2 is 2.31 bits per heavy atom. The summed E-state index contributed by atoms with van der Waals surface area (Å²) in [6.45, 7) is 6.72. The van der Waals surface area contributed by atoms with Gasteiger partial charge in [-0.05, 0) is 32.1 Å². The molecule has 0 radical (unpaired) electrons. The van der Waals surface area contributed by atoms with Gasteiger partial charge in [-0.2, -0.15) is 0 Å². The molecule has 1 saturated heterocycles. The molecule has 2 N–H and O–H groups in total. The lowest BCUT2D eigenvalue weighted by Gasteiger charge is -2.33. The van der Waals surface area contributed by atoms with E-state index in [2.05, 4.69) is 6.58 Å². The van der Waals surface area contributed by atoms with Crippen LogP contribution in [0.4, 0.5) is 0 Å². The molecular formula is C11H22N2O2S. The molecule has 1 rings (SSSR count). The zero-order valence-electron chi connectivity index (χ0n) is 9.93. The molecule has 1 heterocycles. The Morgan fingerprint density at radius 1 is 1.62 bits per heavy atom. The van der Waals surface area contributed by atoms with Crippen LogP contribution in [0.3, 0.4) is 0 Å². The van der Waals surface area contributed by atoms with E-state index < -0.39 is 10.0 Å². The monoisotopic (exact) mass is 246 g/mol. The van der Waals surface area contributed by atoms with Crippen molar-refractivity contribution in [1.82, 2.24) is 4.31 Å². The molecular weight excluding hydrogens is 224 g/mol. The third-order valence-electron chi connectivity index (χ3n) is 3.14. The summed E-state index contributed by atoms with van der Waals surface area (Å²) in [6, 6.07) is 0.0670. The predicted molar refractivity (Wildman–Crippen MR) is 66.5 cm³/mol. The zero-order valence-corrected chi connectivity index (χ0v) is 10.7. The van der Waals surface area contributed by atoms with E-state index >= 15 is 0 Å². The van der Waals surface area contributed by atoms with E-state index in [9.17, 15) is 8.42 Å². The summed E-state index contributed by atoms with van der Waals surface area (Å²) >= 11 is 0. The van der Waals surface area contributed by atoms with E-state index in [4.69, 9.17) is 5.73 Å². The van der Waals surface area contributed by atoms with E-state index in [-0.39, 0.29) is 11.8 Å². The molecule has 4 nitrogen and oxygen atoms in total. The molecule has 0 unspecified atom stereocenters. The van der Waals surface area contributed by atoms with Gasteiger partial charge in [0, 0.05) is 19.1 Å². The lowest BCUT2D eigenvalue weighted by Crippen LogP contribution is -2.45. The van der Waals surface area contributed by atoms with Gasteiger partial charge in [0.05, 0.1) is 5.75 Å². The first-order valence-electron chi connectivity index (χ1n) is 5.81. The Labute approximate surface area is 98.6 Å². The lowest BCUT2D eigenvalue weighted by molar-refractivity contribution is 0.243. The standard InChI is InChI=1S/C11H22N2O2S/c1-3-4-8-16(14,15)13-7-5-6-11(9-13)10(2)12/h3,10-11H,1,4-9,12H2,2H3/t10-,11+/m0/s1. The van der Waals surface area contributed by atoms with Gasteiger partial charge in [-0.1, -0.05) is 6.08 Å². The highest BCUT2D eigenvalue weighted by atomic mass is 32.2. The lowest BCUT2D eigenvalue weighted by atomic mass is 9.93. The highest BCUT2D eigenvalue weighted by Gasteiger charge is 2.29. The van der Waals surface area contributed by atoms with E-state index in [1.807, 2.05) is 6.92 Å². The molecule has 0 bridgehead atoms. The van der Waals surface area contributed by atoms with Gasteiger partial charge in [0.15, 0.2) is 0 Å². The highest BCUT2D eigenvalue weighted by Crippen LogP contribution is 2.21. The number of piperidine rings is 1. The molecule has 1 aliphatic rings. The molecule has 5 heteroatoms. The van der Waals surface area contributed by atoms with Crippen molar-refractivity contribution in [2.45, 2.75) is 32.2 Å². The summed E-state index contributed by atoms with van der Waals surface area (Å²) < 4.78 is 25.5. The van der Waals surface area contributed by atoms with Crippen LogP contribution in [0, 0.1) is 5.92 Å². The van der Waals surface area contributed by atoms with Crippen LogP contribution in [-0.2, 0) is 10.0 Å². The minimum atomic E-state index is -3.11. The molecule has 0 aliphatic carbocycles. The van der Waals surface area contributed by atoms with Crippen LogP contribution >= 0.6 is 0 Å². The van der Waals surface area contributed by atoms with Crippen molar-refractivity contribution in [2.24, 2.45) is 11.7 Å². The third-order valence-corrected chi connectivity index (χ3v) is 5.01. The number of nitrogens with zero attached hydrogens (tertiary/aromatic N) is 1. The fraction of sp³-hybridized carbons (Fsp3) is 0.818. The number of rotatable bonds is 5. The van der Waals surface area contributed by atoms with Gasteiger partial charge >= 0.3 is 0 Å². The quantitative estimate of drug-likeness (QED) is 0.735. The van der Waals surface area contributed by atoms with Gasteiger partial charge in [0.1, 0.15) is 0 Å². The fourth-order valence-corrected chi connectivity index (χ4v) is 3.57. The van der Waals surface area contributed by atoms with Gasteiger partial charge in [0.2, 0.25) is 10.0 Å². The molecule has 0 amide bonds. The molecule has 2 atom stereocenters. The number of allylic oxidation sites excluding steroid dienone is 1. The maximum absolute atomic E-state index is 11.9. The van der Waals surface area contributed by atoms with Crippen LogP contribution in [0.5, 0.6) is 0 Å². The molecule has 0 saturated carbocycles. The van der Waals surface area contributed by atoms with Gasteiger partial charge in [-0.3, -0.25) is 0 Å². The minimum Gasteiger partial charge on any atom is -0.328 e. The van der Waals surface area contributed by atoms with Crippen molar-refractivity contribution in [3.05, 3.63) is 12.7 Å². The molecule has 0 aromatic heterocycles. The molecule has 1 aliphatic heterocycles. The van der Waals surface area contributed by atoms with Crippen molar-refractivity contribution < 1.29 is 8.42 Å². The van der Waals surface area contributed by atoms with Gasteiger partial charge < -0.3 is 5.73 Å². The van der Waals surface area contributed by atoms with E-state index in [1.165, 1.54) is 0 Å². The normalized spacial score (nSPS) is 25.2. The summed E-state index contributed by atoms with van der Waals surface area (Å²) in [5.41, 5.74) is 5.84. The van der Waals surface area contributed by atoms with Crippen LogP contribution in [0.15, 0.2) is 12.7 Å². The van der Waals surface area contributed by atoms with Crippen LogP contribution in [0.25, 0.3) is 0 Å². The second kappa shape index (κ2) is 5.80. The van der Waals surface area contributed by atoms with Gasteiger partial charge in [-0.25, -0.2) is 12.7 Å². The van der Waals surface area contributed by atoms with Crippen molar-refractivity contribution in [2.75, 3.05) is 18.8 Å². The molecule has 0 aromatic rings. The minimum absolute atomic E-state index is 0.0670. The van der Waals surface area contributed by atoms with E-state index in [1.54, 1.807) is 10.4 Å². The van der Waals surface area contributed by atoms with Crippen LogP contribution in [0.2, 0.25) is 0 Å². The van der Waals surface area contributed by atoms with E-state index in [0.29, 0.717) is 25.4 Å². The highest BCUT2D eigenvalue weighted by molar-refractivity contribution is 7.89. The Hall–Kier alpha value is -0.390. The summed E-state index contributed by atoms with van der Waals surface area (Å²) in [6.07, 6.45) is 4.11. The Bertz CT molecular complexity index is 325. The van der Waals surface area contributed by atoms with Gasteiger partial charge in [-0.15, -0.1) is 6.58 Å². The Morgan fingerprint density at radius 3 is 2.88 bits per heavy atom. The second-order valence-electron chi connectivity index (χ2n) is 4.51. The van der Waals surface area contributed by atoms with Crippen molar-refractivity contribution in [1.29, 1.82) is 0 Å². The first kappa shape index (κ1) is 13.7. The first-order chi connectivity index (χ1) is 7.47. The van der Waals surface area contributed by atoms with Crippen molar-refractivity contribution in [3.63, 3.8) is 0 Å². The largest absolute Gasteiger partial charge is 0.328 e. The average Bonchev–Trinajstić information content (AvgIpc) is 2.26. The Kier molecular flexibility index (Phi) is 4.95. The second-order valence-corrected chi connectivity index (χ2v) is 6.60. The number of hydrogen-bond donors (Lipinski definition) is 1. The SMILES string of the molecule is C=CCCS(=O)(=O)N1CCC[C@@H]([C@H](C)N)C1. The van der Waals surface area contributed by atoms with Crippen LogP contribution in [-0.4, -0.2) is 37.6 Å². The summed E-state index contributed by atoms with van der Waals surface area (Å²) in [5.74, 6) is 0.467. The van der Waals surface area contributed by atoms with Crippen molar-refractivity contribution in [3.8, 4) is 0 Å². The molecule has 16 heavy (non-hydrogen) atoms. The van der Waals surface area contributed by atoms with E-state index in [0.717, 1.165) is 12.8 Å². The summed E-state index contributed by atoms with van der Waals surface area (Å²) in [4.78, 5) is 0. The molecule has 0 spiro atoms. The average molecular weight is 246 g/mol. The Balaban J connectivity index is 2.62. The summed E-state index contributed by atoms with van der Waals surface area (Å²) in [7, 11) is -3.11.